The molecule has 0 radical (unpaired) electrons. The lowest BCUT2D eigenvalue weighted by Gasteiger charge is -2.22. The van der Waals surface area contributed by atoms with Crippen LogP contribution in [0.4, 0.5) is 0 Å². The molecule has 5 rings (SSSR count). The molecule has 0 spiro atoms. The molecule has 0 aliphatic heterocycles. The van der Waals surface area contributed by atoms with Gasteiger partial charge in [-0.25, -0.2) is 0 Å². The van der Waals surface area contributed by atoms with E-state index in [9.17, 15) is 0 Å². The number of hydrogen-bond acceptors (Lipinski definition) is 1. The fraction of sp³-hybridized carbons (Fsp3) is 0.250. The van der Waals surface area contributed by atoms with Crippen LogP contribution in [-0.4, -0.2) is 0 Å². The Bertz CT molecular complexity index is 1190. The minimum absolute atomic E-state index is 0.0232. The molecule has 2 heteroatoms. The summed E-state index contributed by atoms with van der Waals surface area (Å²) in [7, 11) is 0. The summed E-state index contributed by atoms with van der Waals surface area (Å²) in [6.45, 7) is 9.19. The number of furan rings is 1. The van der Waals surface area contributed by atoms with Gasteiger partial charge in [-0.2, -0.15) is 0 Å². The van der Waals surface area contributed by atoms with Crippen LogP contribution in [0.2, 0.25) is 0 Å². The highest BCUT2D eigenvalue weighted by Gasteiger charge is 2.38. The minimum atomic E-state index is -0.0232. The lowest BCUT2D eigenvalue weighted by molar-refractivity contribution is 0.653. The van der Waals surface area contributed by atoms with Crippen molar-refractivity contribution in [1.29, 1.82) is 0 Å². The van der Waals surface area contributed by atoms with Gasteiger partial charge < -0.3 is 4.42 Å². The van der Waals surface area contributed by atoms with E-state index < -0.39 is 0 Å². The molecular weight excluding hydrogens is 384 g/mol. The highest BCUT2D eigenvalue weighted by molar-refractivity contribution is 9.10. The number of benzene rings is 3. The topological polar surface area (TPSA) is 13.1 Å². The molecule has 1 nitrogen and oxygen atoms in total. The van der Waals surface area contributed by atoms with Crippen LogP contribution in [-0.2, 0) is 5.41 Å². The van der Waals surface area contributed by atoms with Gasteiger partial charge in [0.25, 0.3) is 0 Å². The third-order valence-corrected chi connectivity index (χ3v) is 6.52. The third kappa shape index (κ3) is 1.97. The van der Waals surface area contributed by atoms with Crippen LogP contribution in [0.25, 0.3) is 33.1 Å². The lowest BCUT2D eigenvalue weighted by atomic mass is 9.81. The summed E-state index contributed by atoms with van der Waals surface area (Å²) in [5.41, 5.74) is 8.75. The van der Waals surface area contributed by atoms with E-state index in [2.05, 4.69) is 86.1 Å². The van der Waals surface area contributed by atoms with Gasteiger partial charge in [0, 0.05) is 16.2 Å². The van der Waals surface area contributed by atoms with E-state index in [1.54, 1.807) is 0 Å². The van der Waals surface area contributed by atoms with Gasteiger partial charge in [-0.3, -0.25) is 0 Å². The maximum Gasteiger partial charge on any atom is 0.150 e. The largest absolute Gasteiger partial charge is 0.455 e. The maximum absolute atomic E-state index is 6.21. The lowest BCUT2D eigenvalue weighted by Crippen LogP contribution is -2.15. The Hall–Kier alpha value is -2.06. The fourth-order valence-electron chi connectivity index (χ4n) is 4.43. The van der Waals surface area contributed by atoms with Gasteiger partial charge in [0.15, 0.2) is 0 Å². The van der Waals surface area contributed by atoms with Crippen molar-refractivity contribution in [1.82, 2.24) is 0 Å². The molecule has 0 N–H and O–H groups in total. The zero-order valence-corrected chi connectivity index (χ0v) is 17.1. The zero-order valence-electron chi connectivity index (χ0n) is 15.5. The minimum Gasteiger partial charge on any atom is -0.455 e. The third-order valence-electron chi connectivity index (χ3n) is 5.93. The molecule has 0 saturated carbocycles. The van der Waals surface area contributed by atoms with Crippen LogP contribution in [0.3, 0.4) is 0 Å². The molecule has 0 atom stereocenters. The summed E-state index contributed by atoms with van der Waals surface area (Å²) in [5, 5.41) is 2.42. The molecule has 0 unspecified atom stereocenters. The van der Waals surface area contributed by atoms with E-state index in [-0.39, 0.29) is 5.41 Å². The number of rotatable bonds is 1. The van der Waals surface area contributed by atoms with Gasteiger partial charge in [-0.05, 0) is 61.8 Å². The van der Waals surface area contributed by atoms with E-state index in [1.165, 1.54) is 38.6 Å². The summed E-state index contributed by atoms with van der Waals surface area (Å²) < 4.78 is 7.24. The molecule has 4 aromatic rings. The Morgan fingerprint density at radius 3 is 2.50 bits per heavy atom. The Balaban J connectivity index is 1.97. The predicted molar refractivity (Wildman–Crippen MR) is 113 cm³/mol. The van der Waals surface area contributed by atoms with Crippen molar-refractivity contribution < 1.29 is 4.42 Å². The standard InChI is InChI=1S/C24H21BrO/c1-13(2)14-9-10-15-17(11-14)24(3,4)18-12-19(25)23-22(21(15)18)16-7-5-6-8-20(16)26-23/h5-13H,1-4H3. The average molecular weight is 405 g/mol. The van der Waals surface area contributed by atoms with Crippen molar-refractivity contribution in [3.05, 3.63) is 69.7 Å². The van der Waals surface area contributed by atoms with Crippen LogP contribution >= 0.6 is 15.9 Å². The molecule has 0 bridgehead atoms. The van der Waals surface area contributed by atoms with E-state index in [0.29, 0.717) is 5.92 Å². The summed E-state index contributed by atoms with van der Waals surface area (Å²) >= 11 is 3.77. The van der Waals surface area contributed by atoms with Crippen LogP contribution in [0.5, 0.6) is 0 Å². The van der Waals surface area contributed by atoms with Gasteiger partial charge in [0.05, 0.1) is 4.47 Å². The van der Waals surface area contributed by atoms with E-state index >= 15 is 0 Å². The van der Waals surface area contributed by atoms with Crippen molar-refractivity contribution in [2.24, 2.45) is 0 Å². The smallest absolute Gasteiger partial charge is 0.150 e. The van der Waals surface area contributed by atoms with Crippen LogP contribution in [0.15, 0.2) is 57.4 Å². The quantitative estimate of drug-likeness (QED) is 0.315. The van der Waals surface area contributed by atoms with Gasteiger partial charge in [-0.15, -0.1) is 0 Å². The Morgan fingerprint density at radius 2 is 1.73 bits per heavy atom. The van der Waals surface area contributed by atoms with Gasteiger partial charge in [-0.1, -0.05) is 64.1 Å². The molecule has 0 fully saturated rings. The van der Waals surface area contributed by atoms with Crippen molar-refractivity contribution in [3.8, 4) is 11.1 Å². The van der Waals surface area contributed by atoms with Crippen LogP contribution in [0, 0.1) is 0 Å². The Labute approximate surface area is 162 Å². The monoisotopic (exact) mass is 404 g/mol. The molecular formula is C24H21BrO. The summed E-state index contributed by atoms with van der Waals surface area (Å²) in [5.74, 6) is 0.529. The van der Waals surface area contributed by atoms with E-state index in [4.69, 9.17) is 4.42 Å². The summed E-state index contributed by atoms with van der Waals surface area (Å²) in [6, 6.07) is 17.6. The highest BCUT2D eigenvalue weighted by Crippen LogP contribution is 2.54. The summed E-state index contributed by atoms with van der Waals surface area (Å²) in [6.07, 6.45) is 0. The summed E-state index contributed by atoms with van der Waals surface area (Å²) in [4.78, 5) is 0. The molecule has 26 heavy (non-hydrogen) atoms. The molecule has 0 amide bonds. The SMILES string of the molecule is CC(C)c1ccc2c(c1)C(C)(C)c1cc(Br)c3oc4ccccc4c3c1-2. The first kappa shape index (κ1) is 16.1. The van der Waals surface area contributed by atoms with Crippen molar-refractivity contribution in [2.75, 3.05) is 0 Å². The first-order valence-corrected chi connectivity index (χ1v) is 9.98. The fourth-order valence-corrected chi connectivity index (χ4v) is 4.94. The molecule has 1 heterocycles. The second-order valence-corrected chi connectivity index (χ2v) is 9.02. The van der Waals surface area contributed by atoms with Gasteiger partial charge in [0.2, 0.25) is 0 Å². The first-order valence-electron chi connectivity index (χ1n) is 9.18. The molecule has 1 aliphatic carbocycles. The number of halogens is 1. The molecule has 1 aromatic heterocycles. The molecule has 130 valence electrons. The van der Waals surface area contributed by atoms with Gasteiger partial charge >= 0.3 is 0 Å². The normalized spacial score (nSPS) is 15.0. The van der Waals surface area contributed by atoms with Crippen LogP contribution in [0.1, 0.15) is 50.3 Å². The molecule has 0 saturated heterocycles. The number of hydrogen-bond donors (Lipinski definition) is 0. The molecule has 1 aliphatic rings. The predicted octanol–water partition coefficient (Wildman–Crippen LogP) is 7.78. The second-order valence-electron chi connectivity index (χ2n) is 8.17. The molecule has 3 aromatic carbocycles. The van der Waals surface area contributed by atoms with Gasteiger partial charge in [0.1, 0.15) is 11.2 Å². The Kier molecular flexibility index (Phi) is 3.25. The number of fused-ring (bicyclic) bond motifs is 7. The van der Waals surface area contributed by atoms with Crippen molar-refractivity contribution >= 4 is 37.9 Å². The first-order chi connectivity index (χ1) is 12.4. The zero-order chi connectivity index (χ0) is 18.2. The number of para-hydroxylation sites is 1. The highest BCUT2D eigenvalue weighted by atomic mass is 79.9. The maximum atomic E-state index is 6.21. The second kappa shape index (κ2) is 5.23. The van der Waals surface area contributed by atoms with Crippen LogP contribution < -0.4 is 0 Å². The average Bonchev–Trinajstić information content (AvgIpc) is 3.10. The van der Waals surface area contributed by atoms with E-state index in [0.717, 1.165) is 15.6 Å². The van der Waals surface area contributed by atoms with Crippen molar-refractivity contribution in [3.63, 3.8) is 0 Å². The Morgan fingerprint density at radius 1 is 0.962 bits per heavy atom. The van der Waals surface area contributed by atoms with Crippen molar-refractivity contribution in [2.45, 2.75) is 39.0 Å². The van der Waals surface area contributed by atoms with E-state index in [1.807, 2.05) is 6.07 Å².